The summed E-state index contributed by atoms with van der Waals surface area (Å²) in [5.74, 6) is -6.02. The number of hydrogen-bond acceptors (Lipinski definition) is 19. The SMILES string of the molecule is CC(C)CC(NS(=O)(=O)CCCN(Cc1ccccc1)C(=O)CNC(=O)c1ccccc1[O-])C(=O)[O-].COC(=O)C(CC(C)C)NS(=O)(=O)CCCN(Cc1ccccc1)C(=O)CNC(=O)c1cccc(C)c1.COC(=O)C(CC(C)C)NS(=O)(=O)CCCN(Cc1ccccc1)C(=O)c1cccnc1.[Na+].[Na+]. The van der Waals surface area contributed by atoms with Gasteiger partial charge in [0.05, 0.1) is 62.1 Å². The van der Waals surface area contributed by atoms with Crippen molar-refractivity contribution >= 4 is 77.5 Å². The normalized spacial score (nSPS) is 12.0. The zero-order chi connectivity index (χ0) is 77.7. The maximum atomic E-state index is 13.0. The van der Waals surface area contributed by atoms with Gasteiger partial charge in [-0.25, -0.2) is 39.4 Å². The molecule has 6 rings (SSSR count). The third kappa shape index (κ3) is 38.0. The number of nitrogens with one attached hydrogen (secondary N) is 5. The quantitative estimate of drug-likeness (QED) is 0.0234. The van der Waals surface area contributed by atoms with Crippen LogP contribution in [0.2, 0.25) is 0 Å². The van der Waals surface area contributed by atoms with Gasteiger partial charge >= 0.3 is 71.1 Å². The van der Waals surface area contributed by atoms with Gasteiger partial charge in [-0.3, -0.25) is 38.5 Å². The number of para-hydroxylation sites is 1. The zero-order valence-corrected chi connectivity index (χ0v) is 69.4. The molecule has 572 valence electrons. The van der Waals surface area contributed by atoms with E-state index < -0.39 is 89.4 Å². The number of carboxylic acid groups (broad SMARTS) is 1. The molecular formula is C75H99N9Na2O18S3. The van der Waals surface area contributed by atoms with Gasteiger partial charge in [-0.05, 0) is 104 Å². The fourth-order valence-electron chi connectivity index (χ4n) is 10.5. The van der Waals surface area contributed by atoms with Gasteiger partial charge in [0.25, 0.3) is 17.7 Å². The Morgan fingerprint density at radius 3 is 1.22 bits per heavy atom. The van der Waals surface area contributed by atoms with E-state index in [0.717, 1.165) is 22.3 Å². The molecule has 0 radical (unpaired) electrons. The van der Waals surface area contributed by atoms with E-state index in [1.807, 2.05) is 107 Å². The summed E-state index contributed by atoms with van der Waals surface area (Å²) in [5.41, 5.74) is 4.37. The number of nitrogens with zero attached hydrogens (tertiary/aromatic N) is 4. The number of pyridine rings is 1. The maximum absolute atomic E-state index is 13.0. The monoisotopic (exact) mass is 1560 g/mol. The van der Waals surface area contributed by atoms with E-state index in [4.69, 9.17) is 9.47 Å². The van der Waals surface area contributed by atoms with Gasteiger partial charge in [0.15, 0.2) is 0 Å². The molecule has 5 N–H and O–H groups in total. The Morgan fingerprint density at radius 2 is 0.841 bits per heavy atom. The van der Waals surface area contributed by atoms with Crippen molar-refractivity contribution in [2.45, 2.75) is 125 Å². The fourth-order valence-corrected chi connectivity index (χ4v) is 14.3. The molecule has 3 atom stereocenters. The first-order chi connectivity index (χ1) is 49.7. The molecule has 107 heavy (non-hydrogen) atoms. The molecule has 1 heterocycles. The minimum absolute atomic E-state index is 0. The van der Waals surface area contributed by atoms with Crippen LogP contribution in [0.25, 0.3) is 0 Å². The Bertz CT molecular complexity index is 4100. The van der Waals surface area contributed by atoms with Crippen molar-refractivity contribution in [2.24, 2.45) is 17.8 Å². The number of carbonyl (C=O) groups is 8. The number of ether oxygens (including phenoxy) is 2. The Balaban J connectivity index is 0.000000541. The number of aryl methyl sites for hydroxylation is 1. The molecule has 0 saturated heterocycles. The van der Waals surface area contributed by atoms with Gasteiger partial charge in [0.2, 0.25) is 41.9 Å². The van der Waals surface area contributed by atoms with Crippen LogP contribution >= 0.6 is 0 Å². The molecular weight excluding hydrogens is 1460 g/mol. The van der Waals surface area contributed by atoms with Crippen molar-refractivity contribution in [1.29, 1.82) is 0 Å². The molecule has 5 amide bonds. The summed E-state index contributed by atoms with van der Waals surface area (Å²) in [6, 6.07) is 40.7. The first kappa shape index (κ1) is 95.6. The summed E-state index contributed by atoms with van der Waals surface area (Å²) in [7, 11) is -9.04. The van der Waals surface area contributed by atoms with Crippen LogP contribution in [0.15, 0.2) is 164 Å². The number of rotatable bonds is 40. The average molecular weight is 1560 g/mol. The van der Waals surface area contributed by atoms with Crippen LogP contribution in [0.1, 0.15) is 133 Å². The predicted octanol–water partition coefficient (Wildman–Crippen LogP) is -0.727. The van der Waals surface area contributed by atoms with Crippen LogP contribution in [0.4, 0.5) is 0 Å². The molecule has 0 aliphatic rings. The molecule has 3 unspecified atom stereocenters. The Labute approximate surface area is 674 Å². The second kappa shape index (κ2) is 49.6. The minimum atomic E-state index is -3.95. The van der Waals surface area contributed by atoms with E-state index in [1.165, 1.54) is 48.4 Å². The van der Waals surface area contributed by atoms with Crippen molar-refractivity contribution < 1.29 is 142 Å². The molecule has 6 aromatic rings. The average Bonchev–Trinajstić information content (AvgIpc) is 0.858. The van der Waals surface area contributed by atoms with Crippen LogP contribution in [-0.2, 0) is 83.2 Å². The van der Waals surface area contributed by atoms with Crippen LogP contribution < -0.4 is 94.1 Å². The van der Waals surface area contributed by atoms with Crippen LogP contribution in [0.3, 0.4) is 0 Å². The molecule has 1 aromatic heterocycles. The minimum Gasteiger partial charge on any atom is -0.872 e. The van der Waals surface area contributed by atoms with E-state index >= 15 is 0 Å². The second-order valence-electron chi connectivity index (χ2n) is 26.1. The standard InChI is InChI=1S/C27H37N3O6S.C25H33N3O7S.C23H31N3O5S.2Na/c1-20(2)16-24(27(33)36-4)29-37(34,35)15-9-14-30(19-22-11-6-5-7-12-22)25(31)18-28-26(32)23-13-8-10-21(3)17-23;1-18(2)15-21(25(32)33)27-36(34,35)14-8-13-28(17-19-9-4-3-5-10-19)23(30)16-26-24(31)20-11-6-7-12-22(20)29;1-18(2)15-21(23(28)31-3)25-32(29,30)14-8-13-26(17-19-9-5-4-6-10-19)22(27)20-11-7-12-24-16-20;;/h5-8,10-13,17,20,24,29H,9,14-16,18-19H2,1-4H3,(H,28,32);3-7,9-12,18,21,27,29H,8,13-17H2,1-2H3,(H,26,31)(H,32,33);4-7,9-12,16,18,21,25H,8,13-15,17H2,1-3H3;;/q;;;2*+1/p-2. The molecule has 5 aromatic carbocycles. The largest absolute Gasteiger partial charge is 1.00 e. The van der Waals surface area contributed by atoms with Gasteiger partial charge < -0.3 is 49.8 Å². The summed E-state index contributed by atoms with van der Waals surface area (Å²) < 4.78 is 91.9. The van der Waals surface area contributed by atoms with Gasteiger partial charge in [0.1, 0.15) is 12.1 Å². The number of carboxylic acids is 1. The van der Waals surface area contributed by atoms with E-state index in [1.54, 1.807) is 85.6 Å². The Morgan fingerprint density at radius 1 is 0.467 bits per heavy atom. The number of esters is 2. The second-order valence-corrected chi connectivity index (χ2v) is 31.7. The van der Waals surface area contributed by atoms with Crippen molar-refractivity contribution in [3.63, 3.8) is 0 Å². The number of methoxy groups -OCH3 is 2. The maximum Gasteiger partial charge on any atom is 1.00 e. The number of benzene rings is 5. The van der Waals surface area contributed by atoms with Crippen LogP contribution in [-0.4, -0.2) is 175 Å². The summed E-state index contributed by atoms with van der Waals surface area (Å²) >= 11 is 0. The van der Waals surface area contributed by atoms with E-state index in [2.05, 4.69) is 29.8 Å². The zero-order valence-electron chi connectivity index (χ0n) is 62.9. The smallest absolute Gasteiger partial charge is 0.872 e. The topological polar surface area (TPSA) is 386 Å². The molecule has 0 bridgehead atoms. The van der Waals surface area contributed by atoms with Gasteiger partial charge in [-0.1, -0.05) is 180 Å². The molecule has 0 saturated carbocycles. The molecule has 0 aliphatic heterocycles. The van der Waals surface area contributed by atoms with Crippen molar-refractivity contribution in [2.75, 3.05) is 64.2 Å². The number of sulfonamides is 3. The van der Waals surface area contributed by atoms with Gasteiger partial charge in [-0.2, -0.15) is 0 Å². The van der Waals surface area contributed by atoms with Crippen LogP contribution in [0.5, 0.6) is 5.75 Å². The molecule has 27 nitrogen and oxygen atoms in total. The molecule has 0 fully saturated rings. The third-order valence-corrected chi connectivity index (χ3v) is 20.0. The first-order valence-corrected chi connectivity index (χ1v) is 39.3. The van der Waals surface area contributed by atoms with Crippen molar-refractivity contribution in [3.8, 4) is 5.75 Å². The Kier molecular flexibility index (Phi) is 44.3. The predicted molar refractivity (Wildman–Crippen MR) is 394 cm³/mol. The summed E-state index contributed by atoms with van der Waals surface area (Å²) in [6.45, 7) is 13.6. The number of carbonyl (C=O) groups excluding carboxylic acids is 8. The fraction of sp³-hybridized carbons (Fsp3) is 0.427. The molecule has 0 aliphatic carbocycles. The van der Waals surface area contributed by atoms with E-state index in [-0.39, 0.29) is 183 Å². The van der Waals surface area contributed by atoms with E-state index in [0.29, 0.717) is 30.5 Å². The van der Waals surface area contributed by atoms with E-state index in [9.17, 15) is 73.8 Å². The molecule has 0 spiro atoms. The Hall–Kier alpha value is -7.46. The number of hydrogen-bond donors (Lipinski definition) is 5. The van der Waals surface area contributed by atoms with Crippen molar-refractivity contribution in [1.82, 2.24) is 44.5 Å². The number of amides is 5. The first-order valence-electron chi connectivity index (χ1n) is 34.3. The van der Waals surface area contributed by atoms with Gasteiger partial charge in [-0.15, -0.1) is 0 Å². The third-order valence-electron chi connectivity index (χ3n) is 15.6. The number of aliphatic carboxylic acids is 1. The molecule has 32 heteroatoms. The summed E-state index contributed by atoms with van der Waals surface area (Å²) in [6.07, 6.45) is 4.21. The van der Waals surface area contributed by atoms with Crippen molar-refractivity contribution in [3.05, 3.63) is 203 Å². The summed E-state index contributed by atoms with van der Waals surface area (Å²) in [5, 5.41) is 28.2. The van der Waals surface area contributed by atoms with Gasteiger partial charge in [0, 0.05) is 62.8 Å². The van der Waals surface area contributed by atoms with Crippen LogP contribution in [0, 0.1) is 24.7 Å². The number of aromatic nitrogens is 1. The summed E-state index contributed by atoms with van der Waals surface area (Å²) in [4.78, 5) is 107.